The number of rotatable bonds is 8. The van der Waals surface area contributed by atoms with E-state index in [0.717, 1.165) is 49.9 Å². The first-order chi connectivity index (χ1) is 18.8. The second kappa shape index (κ2) is 12.0. The van der Waals surface area contributed by atoms with E-state index in [2.05, 4.69) is 4.90 Å². The molecule has 0 unspecified atom stereocenters. The van der Waals surface area contributed by atoms with E-state index in [0.29, 0.717) is 34.9 Å². The van der Waals surface area contributed by atoms with Gasteiger partial charge in [0.1, 0.15) is 18.3 Å². The Kier molecular flexibility index (Phi) is 8.66. The van der Waals surface area contributed by atoms with Crippen molar-refractivity contribution >= 4 is 35.1 Å². The molecule has 0 N–H and O–H groups in total. The SMILES string of the molecule is COC(=O)[C@@H]1[C@@H](C)OCN1C(=O)c1cc(C2CC2)c(OCC2CCN(Cc3c(Cl)cccc3Cl)CC2)cc1F. The van der Waals surface area contributed by atoms with Crippen LogP contribution in [0.4, 0.5) is 4.39 Å². The molecule has 2 saturated heterocycles. The highest BCUT2D eigenvalue weighted by Gasteiger charge is 2.43. The van der Waals surface area contributed by atoms with Crippen LogP contribution in [0.25, 0.3) is 0 Å². The lowest BCUT2D eigenvalue weighted by Crippen LogP contribution is -2.45. The highest BCUT2D eigenvalue weighted by atomic mass is 35.5. The molecule has 2 heterocycles. The molecule has 2 atom stereocenters. The zero-order valence-electron chi connectivity index (χ0n) is 22.1. The smallest absolute Gasteiger partial charge is 0.331 e. The quantitative estimate of drug-likeness (QED) is 0.376. The third kappa shape index (κ3) is 6.19. The van der Waals surface area contributed by atoms with Crippen LogP contribution in [0.15, 0.2) is 30.3 Å². The van der Waals surface area contributed by atoms with Crippen LogP contribution in [0.2, 0.25) is 10.0 Å². The lowest BCUT2D eigenvalue weighted by Gasteiger charge is -2.32. The molecule has 5 rings (SSSR count). The summed E-state index contributed by atoms with van der Waals surface area (Å²) in [5, 5.41) is 1.36. The van der Waals surface area contributed by atoms with Gasteiger partial charge in [-0.3, -0.25) is 14.6 Å². The summed E-state index contributed by atoms with van der Waals surface area (Å²) in [7, 11) is 1.26. The van der Waals surface area contributed by atoms with Crippen LogP contribution in [0.1, 0.15) is 60.0 Å². The highest BCUT2D eigenvalue weighted by Crippen LogP contribution is 2.45. The van der Waals surface area contributed by atoms with Crippen molar-refractivity contribution in [3.05, 3.63) is 62.9 Å². The molecular weight excluding hydrogens is 546 g/mol. The van der Waals surface area contributed by atoms with Crippen LogP contribution in [0.3, 0.4) is 0 Å². The van der Waals surface area contributed by atoms with E-state index in [1.807, 2.05) is 18.2 Å². The number of carbonyl (C=O) groups excluding carboxylic acids is 2. The van der Waals surface area contributed by atoms with Crippen molar-refractivity contribution in [2.75, 3.05) is 33.5 Å². The van der Waals surface area contributed by atoms with Gasteiger partial charge in [-0.1, -0.05) is 29.3 Å². The summed E-state index contributed by atoms with van der Waals surface area (Å²) in [4.78, 5) is 29.1. The lowest BCUT2D eigenvalue weighted by molar-refractivity contribution is -0.145. The Balaban J connectivity index is 1.23. The van der Waals surface area contributed by atoms with Gasteiger partial charge >= 0.3 is 5.97 Å². The molecule has 10 heteroatoms. The van der Waals surface area contributed by atoms with E-state index in [1.54, 1.807) is 13.0 Å². The summed E-state index contributed by atoms with van der Waals surface area (Å²) in [6.45, 7) is 4.56. The Hall–Kier alpha value is -2.39. The summed E-state index contributed by atoms with van der Waals surface area (Å²) in [6.07, 6.45) is 3.28. The van der Waals surface area contributed by atoms with Crippen molar-refractivity contribution in [1.82, 2.24) is 9.80 Å². The largest absolute Gasteiger partial charge is 0.493 e. The number of hydrogen-bond acceptors (Lipinski definition) is 6. The summed E-state index contributed by atoms with van der Waals surface area (Å²) in [6, 6.07) is 7.56. The number of carbonyl (C=O) groups is 2. The first kappa shape index (κ1) is 28.1. The fourth-order valence-corrected chi connectivity index (χ4v) is 5.92. The molecule has 0 spiro atoms. The maximum Gasteiger partial charge on any atom is 0.331 e. The lowest BCUT2D eigenvalue weighted by atomic mass is 9.97. The van der Waals surface area contributed by atoms with Crippen LogP contribution in [-0.4, -0.2) is 67.4 Å². The molecule has 1 aliphatic carbocycles. The molecule has 39 heavy (non-hydrogen) atoms. The highest BCUT2D eigenvalue weighted by molar-refractivity contribution is 6.35. The summed E-state index contributed by atoms with van der Waals surface area (Å²) < 4.78 is 31.8. The number of piperidine rings is 1. The maximum atomic E-state index is 15.3. The molecule has 3 fully saturated rings. The number of methoxy groups -OCH3 is 1. The zero-order chi connectivity index (χ0) is 27.7. The Morgan fingerprint density at radius 2 is 1.79 bits per heavy atom. The second-order valence-corrected chi connectivity index (χ2v) is 11.4. The molecule has 0 bridgehead atoms. The topological polar surface area (TPSA) is 68.3 Å². The first-order valence-electron chi connectivity index (χ1n) is 13.4. The molecule has 0 aromatic heterocycles. The van der Waals surface area contributed by atoms with Crippen molar-refractivity contribution in [1.29, 1.82) is 0 Å². The Morgan fingerprint density at radius 3 is 2.44 bits per heavy atom. The van der Waals surface area contributed by atoms with Gasteiger partial charge in [-0.25, -0.2) is 9.18 Å². The van der Waals surface area contributed by atoms with Crippen LogP contribution >= 0.6 is 23.2 Å². The van der Waals surface area contributed by atoms with Crippen molar-refractivity contribution in [3.63, 3.8) is 0 Å². The third-order valence-corrected chi connectivity index (χ3v) is 8.64. The monoisotopic (exact) mass is 578 g/mol. The molecule has 7 nitrogen and oxygen atoms in total. The standard InChI is InChI=1S/C29H33Cl2FN2O5/c1-17-27(29(36)37-2)34(16-39-17)28(35)21-12-20(19-6-7-19)26(13-25(21)32)38-15-18-8-10-33(11-9-18)14-22-23(30)4-3-5-24(22)31/h3-5,12-13,17-19,27H,6-11,14-16H2,1-2H3/t17-,27+/m1/s1. The Morgan fingerprint density at radius 1 is 1.10 bits per heavy atom. The maximum absolute atomic E-state index is 15.3. The van der Waals surface area contributed by atoms with Gasteiger partial charge in [0.2, 0.25) is 0 Å². The Bertz CT molecular complexity index is 1210. The number of benzene rings is 2. The van der Waals surface area contributed by atoms with Crippen molar-refractivity contribution in [3.8, 4) is 5.75 Å². The van der Waals surface area contributed by atoms with Gasteiger partial charge in [-0.2, -0.15) is 0 Å². The van der Waals surface area contributed by atoms with E-state index < -0.39 is 29.8 Å². The number of nitrogens with zero attached hydrogens (tertiary/aromatic N) is 2. The van der Waals surface area contributed by atoms with E-state index in [-0.39, 0.29) is 18.2 Å². The van der Waals surface area contributed by atoms with E-state index in [9.17, 15) is 9.59 Å². The van der Waals surface area contributed by atoms with Crippen molar-refractivity contribution in [2.24, 2.45) is 5.92 Å². The summed E-state index contributed by atoms with van der Waals surface area (Å²) in [5.74, 6) is -0.784. The number of hydrogen-bond donors (Lipinski definition) is 0. The average molecular weight is 579 g/mol. The molecule has 1 saturated carbocycles. The van der Waals surface area contributed by atoms with Gasteiger partial charge in [0.05, 0.1) is 25.4 Å². The minimum atomic E-state index is -0.915. The van der Waals surface area contributed by atoms with E-state index in [1.165, 1.54) is 18.1 Å². The van der Waals surface area contributed by atoms with Gasteiger partial charge in [0.25, 0.3) is 5.91 Å². The van der Waals surface area contributed by atoms with E-state index in [4.69, 9.17) is 37.4 Å². The fraction of sp³-hybridized carbons (Fsp3) is 0.517. The normalized spacial score (nSPS) is 22.2. The van der Waals surface area contributed by atoms with Crippen LogP contribution in [0, 0.1) is 11.7 Å². The molecule has 3 aliphatic rings. The zero-order valence-corrected chi connectivity index (χ0v) is 23.6. The molecule has 2 aromatic rings. The van der Waals surface area contributed by atoms with Gasteiger partial charge in [-0.15, -0.1) is 0 Å². The number of amides is 1. The summed E-state index contributed by atoms with van der Waals surface area (Å²) >= 11 is 12.7. The molecule has 2 aliphatic heterocycles. The third-order valence-electron chi connectivity index (χ3n) is 7.93. The minimum Gasteiger partial charge on any atom is -0.493 e. The van der Waals surface area contributed by atoms with Gasteiger partial charge in [-0.05, 0) is 81.3 Å². The van der Waals surface area contributed by atoms with Crippen LogP contribution in [-0.2, 0) is 20.8 Å². The second-order valence-electron chi connectivity index (χ2n) is 10.6. The predicted octanol–water partition coefficient (Wildman–Crippen LogP) is 5.66. The molecule has 0 radical (unpaired) electrons. The summed E-state index contributed by atoms with van der Waals surface area (Å²) in [5.41, 5.74) is 1.71. The van der Waals surface area contributed by atoms with Crippen LogP contribution in [0.5, 0.6) is 5.75 Å². The van der Waals surface area contributed by atoms with Crippen LogP contribution < -0.4 is 4.74 Å². The van der Waals surface area contributed by atoms with Crippen molar-refractivity contribution < 1.29 is 28.2 Å². The fourth-order valence-electron chi connectivity index (χ4n) is 5.40. The number of ether oxygens (including phenoxy) is 3. The molecular formula is C29H33Cl2FN2O5. The van der Waals surface area contributed by atoms with Crippen molar-refractivity contribution in [2.45, 2.75) is 57.2 Å². The number of halogens is 3. The number of likely N-dealkylation sites (tertiary alicyclic amines) is 1. The molecule has 1 amide bonds. The predicted molar refractivity (Wildman–Crippen MR) is 146 cm³/mol. The molecule has 210 valence electrons. The van der Waals surface area contributed by atoms with Gasteiger partial charge in [0, 0.05) is 28.2 Å². The number of esters is 1. The minimum absolute atomic E-state index is 0.0811. The van der Waals surface area contributed by atoms with E-state index >= 15 is 4.39 Å². The first-order valence-corrected chi connectivity index (χ1v) is 14.1. The van der Waals surface area contributed by atoms with Gasteiger partial charge < -0.3 is 14.2 Å². The average Bonchev–Trinajstić information content (AvgIpc) is 3.70. The Labute approximate surface area is 238 Å². The van der Waals surface area contributed by atoms with Gasteiger partial charge in [0.15, 0.2) is 6.04 Å². The molecule has 2 aromatic carbocycles.